The normalized spacial score (nSPS) is 30.3. The molecular weight excluding hydrogens is 112 g/mol. The summed E-state index contributed by atoms with van der Waals surface area (Å²) in [5.41, 5.74) is 0. The minimum atomic E-state index is 0.822. The molecule has 1 N–H and O–H groups in total. The Kier molecular flexibility index (Phi) is 1.24. The average molecular weight is 126 g/mol. The fourth-order valence-corrected chi connectivity index (χ4v) is 1.39. The van der Waals surface area contributed by atoms with Crippen LogP contribution in [0, 0.1) is 0 Å². The lowest BCUT2D eigenvalue weighted by Crippen LogP contribution is -2.56. The van der Waals surface area contributed by atoms with Crippen LogP contribution in [0.2, 0.25) is 0 Å². The highest BCUT2D eigenvalue weighted by Crippen LogP contribution is 2.21. The lowest BCUT2D eigenvalue weighted by molar-refractivity contribution is 0.161. The Morgan fingerprint density at radius 3 is 2.33 bits per heavy atom. The van der Waals surface area contributed by atoms with Crippen molar-refractivity contribution in [1.29, 1.82) is 0 Å². The monoisotopic (exact) mass is 126 g/mol. The van der Waals surface area contributed by atoms with E-state index in [0.717, 1.165) is 12.1 Å². The molecule has 0 aromatic rings. The molecule has 2 fully saturated rings. The first-order chi connectivity index (χ1) is 4.34. The SMILES string of the molecule is CN1CC(NC2CC2)C1. The van der Waals surface area contributed by atoms with E-state index in [9.17, 15) is 0 Å². The standard InChI is InChI=1S/C7H14N2/c1-9-4-7(5-9)8-6-2-3-6/h6-8H,2-5H2,1H3. The van der Waals surface area contributed by atoms with Crippen molar-refractivity contribution >= 4 is 0 Å². The fraction of sp³-hybridized carbons (Fsp3) is 1.00. The average Bonchev–Trinajstić information content (AvgIpc) is 2.45. The molecule has 0 radical (unpaired) electrons. The minimum absolute atomic E-state index is 0.822. The summed E-state index contributed by atoms with van der Waals surface area (Å²) in [4.78, 5) is 2.35. The van der Waals surface area contributed by atoms with E-state index in [1.54, 1.807) is 0 Å². The van der Waals surface area contributed by atoms with Gasteiger partial charge in [0.1, 0.15) is 0 Å². The number of nitrogens with one attached hydrogen (secondary N) is 1. The molecule has 1 heterocycles. The molecule has 0 aromatic carbocycles. The van der Waals surface area contributed by atoms with Crippen LogP contribution in [0.25, 0.3) is 0 Å². The van der Waals surface area contributed by atoms with Gasteiger partial charge in [0.25, 0.3) is 0 Å². The van der Waals surface area contributed by atoms with E-state index < -0.39 is 0 Å². The lowest BCUT2D eigenvalue weighted by Gasteiger charge is -2.36. The molecule has 1 aliphatic heterocycles. The van der Waals surface area contributed by atoms with Crippen molar-refractivity contribution in [2.24, 2.45) is 0 Å². The number of likely N-dealkylation sites (N-methyl/N-ethyl adjacent to an activating group) is 1. The van der Waals surface area contributed by atoms with Gasteiger partial charge >= 0.3 is 0 Å². The van der Waals surface area contributed by atoms with Crippen LogP contribution < -0.4 is 5.32 Å². The van der Waals surface area contributed by atoms with E-state index in [1.807, 2.05) is 0 Å². The van der Waals surface area contributed by atoms with Gasteiger partial charge < -0.3 is 10.2 Å². The summed E-state index contributed by atoms with van der Waals surface area (Å²) in [5, 5.41) is 3.58. The smallest absolute Gasteiger partial charge is 0.0324 e. The van der Waals surface area contributed by atoms with Crippen molar-refractivity contribution in [3.63, 3.8) is 0 Å². The highest BCUT2D eigenvalue weighted by Gasteiger charge is 2.29. The Bertz CT molecular complexity index is 103. The van der Waals surface area contributed by atoms with E-state index in [4.69, 9.17) is 0 Å². The third-order valence-electron chi connectivity index (χ3n) is 2.11. The molecule has 0 atom stereocenters. The Hall–Kier alpha value is -0.0800. The fourth-order valence-electron chi connectivity index (χ4n) is 1.39. The molecule has 1 aliphatic carbocycles. The van der Waals surface area contributed by atoms with Crippen LogP contribution in [0.4, 0.5) is 0 Å². The molecule has 0 amide bonds. The van der Waals surface area contributed by atoms with Crippen molar-refractivity contribution in [2.45, 2.75) is 24.9 Å². The summed E-state index contributed by atoms with van der Waals surface area (Å²) < 4.78 is 0. The van der Waals surface area contributed by atoms with Gasteiger partial charge in [0.15, 0.2) is 0 Å². The molecule has 2 rings (SSSR count). The van der Waals surface area contributed by atoms with Gasteiger partial charge in [-0.05, 0) is 19.9 Å². The second kappa shape index (κ2) is 1.96. The van der Waals surface area contributed by atoms with Gasteiger partial charge in [0, 0.05) is 25.2 Å². The van der Waals surface area contributed by atoms with Crippen molar-refractivity contribution < 1.29 is 0 Å². The molecule has 0 aromatic heterocycles. The van der Waals surface area contributed by atoms with Gasteiger partial charge in [0.2, 0.25) is 0 Å². The summed E-state index contributed by atoms with van der Waals surface area (Å²) in [6.07, 6.45) is 2.83. The third kappa shape index (κ3) is 1.25. The first kappa shape index (κ1) is 5.69. The zero-order valence-corrected chi connectivity index (χ0v) is 5.93. The van der Waals surface area contributed by atoms with E-state index >= 15 is 0 Å². The van der Waals surface area contributed by atoms with Crippen LogP contribution in [-0.2, 0) is 0 Å². The van der Waals surface area contributed by atoms with Crippen molar-refractivity contribution in [3.05, 3.63) is 0 Å². The molecule has 2 nitrogen and oxygen atoms in total. The van der Waals surface area contributed by atoms with Crippen LogP contribution in [0.1, 0.15) is 12.8 Å². The second-order valence-corrected chi connectivity index (χ2v) is 3.36. The molecular formula is C7H14N2. The first-order valence-corrected chi connectivity index (χ1v) is 3.79. The Labute approximate surface area is 56.2 Å². The number of likely N-dealkylation sites (tertiary alicyclic amines) is 1. The number of hydrogen-bond acceptors (Lipinski definition) is 2. The highest BCUT2D eigenvalue weighted by atomic mass is 15.2. The van der Waals surface area contributed by atoms with Gasteiger partial charge in [0.05, 0.1) is 0 Å². The van der Waals surface area contributed by atoms with Gasteiger partial charge in [-0.15, -0.1) is 0 Å². The summed E-state index contributed by atoms with van der Waals surface area (Å²) in [5.74, 6) is 0. The molecule has 0 unspecified atom stereocenters. The third-order valence-corrected chi connectivity index (χ3v) is 2.11. The second-order valence-electron chi connectivity index (χ2n) is 3.36. The molecule has 0 bridgehead atoms. The minimum Gasteiger partial charge on any atom is -0.309 e. The molecule has 1 saturated carbocycles. The maximum absolute atomic E-state index is 3.58. The predicted molar refractivity (Wildman–Crippen MR) is 37.4 cm³/mol. The molecule has 52 valence electrons. The van der Waals surface area contributed by atoms with Gasteiger partial charge in [-0.3, -0.25) is 0 Å². The lowest BCUT2D eigenvalue weighted by atomic mass is 10.1. The summed E-state index contributed by atoms with van der Waals surface area (Å²) in [7, 11) is 2.17. The molecule has 9 heavy (non-hydrogen) atoms. The van der Waals surface area contributed by atoms with Gasteiger partial charge in [-0.2, -0.15) is 0 Å². The van der Waals surface area contributed by atoms with E-state index in [1.165, 1.54) is 25.9 Å². The van der Waals surface area contributed by atoms with Gasteiger partial charge in [-0.1, -0.05) is 0 Å². The van der Waals surface area contributed by atoms with Crippen LogP contribution in [0.5, 0.6) is 0 Å². The van der Waals surface area contributed by atoms with Crippen molar-refractivity contribution in [1.82, 2.24) is 10.2 Å². The Balaban J connectivity index is 1.64. The van der Waals surface area contributed by atoms with Gasteiger partial charge in [-0.25, -0.2) is 0 Å². The maximum atomic E-state index is 3.58. The van der Waals surface area contributed by atoms with Crippen LogP contribution in [0.3, 0.4) is 0 Å². The molecule has 1 saturated heterocycles. The number of rotatable bonds is 2. The largest absolute Gasteiger partial charge is 0.309 e. The molecule has 0 spiro atoms. The maximum Gasteiger partial charge on any atom is 0.0324 e. The van der Waals surface area contributed by atoms with E-state index in [-0.39, 0.29) is 0 Å². The summed E-state index contributed by atoms with van der Waals surface area (Å²) >= 11 is 0. The zero-order chi connectivity index (χ0) is 6.27. The zero-order valence-electron chi connectivity index (χ0n) is 5.93. The topological polar surface area (TPSA) is 15.3 Å². The van der Waals surface area contributed by atoms with Crippen LogP contribution in [-0.4, -0.2) is 37.1 Å². The first-order valence-electron chi connectivity index (χ1n) is 3.79. The Morgan fingerprint density at radius 2 is 1.89 bits per heavy atom. The van der Waals surface area contributed by atoms with Crippen LogP contribution >= 0.6 is 0 Å². The highest BCUT2D eigenvalue weighted by molar-refractivity contribution is 4.91. The van der Waals surface area contributed by atoms with E-state index in [0.29, 0.717) is 0 Å². The Morgan fingerprint density at radius 1 is 1.22 bits per heavy atom. The predicted octanol–water partition coefficient (Wildman–Crippen LogP) is 0.0524. The van der Waals surface area contributed by atoms with Crippen LogP contribution in [0.15, 0.2) is 0 Å². The number of nitrogens with zero attached hydrogens (tertiary/aromatic N) is 1. The number of hydrogen-bond donors (Lipinski definition) is 1. The van der Waals surface area contributed by atoms with Crippen molar-refractivity contribution in [3.8, 4) is 0 Å². The molecule has 2 heteroatoms. The summed E-state index contributed by atoms with van der Waals surface area (Å²) in [6, 6.07) is 1.71. The summed E-state index contributed by atoms with van der Waals surface area (Å²) in [6.45, 7) is 2.52. The van der Waals surface area contributed by atoms with Crippen molar-refractivity contribution in [2.75, 3.05) is 20.1 Å². The van der Waals surface area contributed by atoms with E-state index in [2.05, 4.69) is 17.3 Å². The quantitative estimate of drug-likeness (QED) is 0.562. The molecule has 2 aliphatic rings.